The van der Waals surface area contributed by atoms with Crippen molar-refractivity contribution in [2.45, 2.75) is 12.7 Å². The largest absolute Gasteiger partial charge is 0.418 e. The number of halogens is 4. The van der Waals surface area contributed by atoms with E-state index in [2.05, 4.69) is 36.0 Å². The standard InChI is InChI=1S/C14H15BrF3N5/c15-10-1-2-12(11(7-10)14(16,17)18)23-5-3-22(4-6-23)8-13-19-9-20-21-13/h1-2,7,9H,3-6,8H2,(H,19,20,21). The summed E-state index contributed by atoms with van der Waals surface area (Å²) in [5, 5.41) is 6.59. The van der Waals surface area contributed by atoms with E-state index in [1.807, 2.05) is 0 Å². The van der Waals surface area contributed by atoms with E-state index >= 15 is 0 Å². The van der Waals surface area contributed by atoms with Crippen LogP contribution in [0.3, 0.4) is 0 Å². The van der Waals surface area contributed by atoms with Crippen molar-refractivity contribution in [1.29, 1.82) is 0 Å². The number of nitrogens with zero attached hydrogens (tertiary/aromatic N) is 4. The molecule has 0 radical (unpaired) electrons. The molecule has 23 heavy (non-hydrogen) atoms. The average Bonchev–Trinajstić information content (AvgIpc) is 3.00. The van der Waals surface area contributed by atoms with E-state index in [1.165, 1.54) is 12.4 Å². The van der Waals surface area contributed by atoms with Crippen LogP contribution in [-0.2, 0) is 12.7 Å². The maximum absolute atomic E-state index is 13.2. The maximum Gasteiger partial charge on any atom is 0.418 e. The van der Waals surface area contributed by atoms with Crippen LogP contribution in [0.25, 0.3) is 0 Å². The minimum atomic E-state index is -4.36. The fraction of sp³-hybridized carbons (Fsp3) is 0.429. The van der Waals surface area contributed by atoms with Crippen molar-refractivity contribution in [3.05, 3.63) is 40.4 Å². The quantitative estimate of drug-likeness (QED) is 0.876. The smallest absolute Gasteiger partial charge is 0.368 e. The fourth-order valence-corrected chi connectivity index (χ4v) is 3.04. The minimum absolute atomic E-state index is 0.236. The third-order valence-corrected chi connectivity index (χ3v) is 4.31. The molecule has 1 N–H and O–H groups in total. The molecule has 0 unspecified atom stereocenters. The lowest BCUT2D eigenvalue weighted by molar-refractivity contribution is -0.137. The van der Waals surface area contributed by atoms with Gasteiger partial charge in [0.2, 0.25) is 0 Å². The van der Waals surface area contributed by atoms with Gasteiger partial charge in [-0.25, -0.2) is 4.98 Å². The molecule has 1 fully saturated rings. The van der Waals surface area contributed by atoms with Gasteiger partial charge in [-0.15, -0.1) is 0 Å². The summed E-state index contributed by atoms with van der Waals surface area (Å²) in [6.07, 6.45) is -2.92. The first-order valence-corrected chi connectivity index (χ1v) is 7.91. The molecule has 1 aromatic carbocycles. The Labute approximate surface area is 139 Å². The second-order valence-corrected chi connectivity index (χ2v) is 6.27. The van der Waals surface area contributed by atoms with Crippen molar-refractivity contribution in [3.63, 3.8) is 0 Å². The van der Waals surface area contributed by atoms with Gasteiger partial charge >= 0.3 is 6.18 Å². The van der Waals surface area contributed by atoms with Crippen LogP contribution in [0, 0.1) is 0 Å². The second-order valence-electron chi connectivity index (χ2n) is 5.35. The van der Waals surface area contributed by atoms with E-state index in [-0.39, 0.29) is 5.69 Å². The van der Waals surface area contributed by atoms with Crippen LogP contribution in [0.4, 0.5) is 18.9 Å². The van der Waals surface area contributed by atoms with Gasteiger partial charge in [0.05, 0.1) is 12.1 Å². The molecule has 1 aliphatic rings. The molecule has 1 aliphatic heterocycles. The molecule has 0 amide bonds. The molecular weight excluding hydrogens is 375 g/mol. The van der Waals surface area contributed by atoms with Gasteiger partial charge in [-0.1, -0.05) is 15.9 Å². The molecule has 0 spiro atoms. The van der Waals surface area contributed by atoms with E-state index in [4.69, 9.17) is 0 Å². The van der Waals surface area contributed by atoms with Gasteiger partial charge < -0.3 is 4.90 Å². The zero-order valence-corrected chi connectivity index (χ0v) is 13.7. The molecule has 0 aliphatic carbocycles. The Morgan fingerprint density at radius 3 is 2.52 bits per heavy atom. The Hall–Kier alpha value is -1.61. The number of H-pyrrole nitrogens is 1. The lowest BCUT2D eigenvalue weighted by Gasteiger charge is -2.36. The fourth-order valence-electron chi connectivity index (χ4n) is 2.68. The van der Waals surface area contributed by atoms with E-state index in [0.717, 1.165) is 11.9 Å². The Morgan fingerprint density at radius 2 is 1.91 bits per heavy atom. The van der Waals surface area contributed by atoms with Crippen LogP contribution in [0.2, 0.25) is 0 Å². The van der Waals surface area contributed by atoms with Crippen LogP contribution in [0.5, 0.6) is 0 Å². The Balaban J connectivity index is 1.70. The zero-order chi connectivity index (χ0) is 16.4. The SMILES string of the molecule is FC(F)(F)c1cc(Br)ccc1N1CCN(Cc2ncn[nH]2)CC1. The zero-order valence-electron chi connectivity index (χ0n) is 12.1. The minimum Gasteiger partial charge on any atom is -0.368 e. The highest BCUT2D eigenvalue weighted by molar-refractivity contribution is 9.10. The van der Waals surface area contributed by atoms with E-state index in [0.29, 0.717) is 37.2 Å². The summed E-state index contributed by atoms with van der Waals surface area (Å²) >= 11 is 3.11. The van der Waals surface area contributed by atoms with Crippen LogP contribution < -0.4 is 4.90 Å². The lowest BCUT2D eigenvalue weighted by Crippen LogP contribution is -2.46. The summed E-state index contributed by atoms with van der Waals surface area (Å²) in [6.45, 7) is 3.06. The highest BCUT2D eigenvalue weighted by atomic mass is 79.9. The van der Waals surface area contributed by atoms with Crippen LogP contribution in [0.1, 0.15) is 11.4 Å². The number of rotatable bonds is 3. The number of anilines is 1. The molecule has 124 valence electrons. The van der Waals surface area contributed by atoms with Crippen molar-refractivity contribution >= 4 is 21.6 Å². The second kappa shape index (κ2) is 6.48. The van der Waals surface area contributed by atoms with Gasteiger partial charge in [-0.05, 0) is 18.2 Å². The monoisotopic (exact) mass is 389 g/mol. The highest BCUT2D eigenvalue weighted by Gasteiger charge is 2.35. The highest BCUT2D eigenvalue weighted by Crippen LogP contribution is 2.38. The molecule has 0 atom stereocenters. The molecule has 5 nitrogen and oxygen atoms in total. The van der Waals surface area contributed by atoms with E-state index in [9.17, 15) is 13.2 Å². The summed E-state index contributed by atoms with van der Waals surface area (Å²) in [4.78, 5) is 7.99. The van der Waals surface area contributed by atoms with Gasteiger partial charge in [0.15, 0.2) is 0 Å². The average molecular weight is 390 g/mol. The van der Waals surface area contributed by atoms with Crippen LogP contribution in [-0.4, -0.2) is 46.3 Å². The topological polar surface area (TPSA) is 48.1 Å². The number of hydrogen-bond acceptors (Lipinski definition) is 4. The number of aromatic amines is 1. The van der Waals surface area contributed by atoms with Crippen molar-refractivity contribution in [1.82, 2.24) is 20.1 Å². The Bertz CT molecular complexity index is 651. The van der Waals surface area contributed by atoms with E-state index in [1.54, 1.807) is 11.0 Å². The molecule has 1 aromatic heterocycles. The molecule has 3 rings (SSSR count). The molecule has 9 heteroatoms. The molecule has 1 saturated heterocycles. The summed E-state index contributed by atoms with van der Waals surface area (Å²) in [7, 11) is 0. The number of nitrogens with one attached hydrogen (secondary N) is 1. The molecule has 0 saturated carbocycles. The number of benzene rings is 1. The van der Waals surface area contributed by atoms with Gasteiger partial charge in [-0.3, -0.25) is 10.00 Å². The maximum atomic E-state index is 13.2. The molecule has 0 bridgehead atoms. The number of hydrogen-bond donors (Lipinski definition) is 1. The molecule has 2 heterocycles. The first-order valence-electron chi connectivity index (χ1n) is 7.12. The number of piperazine rings is 1. The number of aromatic nitrogens is 3. The van der Waals surface area contributed by atoms with Gasteiger partial charge in [0.25, 0.3) is 0 Å². The summed E-state index contributed by atoms with van der Waals surface area (Å²) in [6, 6.07) is 4.31. The molecule has 2 aromatic rings. The summed E-state index contributed by atoms with van der Waals surface area (Å²) in [5.41, 5.74) is -0.365. The summed E-state index contributed by atoms with van der Waals surface area (Å²) < 4.78 is 40.1. The van der Waals surface area contributed by atoms with Crippen molar-refractivity contribution in [3.8, 4) is 0 Å². The third-order valence-electron chi connectivity index (χ3n) is 3.82. The Kier molecular flexibility index (Phi) is 4.58. The third kappa shape index (κ3) is 3.84. The van der Waals surface area contributed by atoms with Gasteiger partial charge in [-0.2, -0.15) is 18.3 Å². The van der Waals surface area contributed by atoms with Gasteiger partial charge in [0, 0.05) is 36.3 Å². The number of alkyl halides is 3. The normalized spacial score (nSPS) is 16.8. The van der Waals surface area contributed by atoms with Crippen molar-refractivity contribution < 1.29 is 13.2 Å². The van der Waals surface area contributed by atoms with Crippen LogP contribution >= 0.6 is 15.9 Å². The Morgan fingerprint density at radius 1 is 1.17 bits per heavy atom. The first kappa shape index (κ1) is 16.3. The van der Waals surface area contributed by atoms with Crippen LogP contribution in [0.15, 0.2) is 29.0 Å². The summed E-state index contributed by atoms with van der Waals surface area (Å²) in [5.74, 6) is 0.762. The molecular formula is C14H15BrF3N5. The first-order chi connectivity index (χ1) is 10.9. The predicted molar refractivity (Wildman–Crippen MR) is 83.0 cm³/mol. The predicted octanol–water partition coefficient (Wildman–Crippen LogP) is 2.91. The van der Waals surface area contributed by atoms with Crippen molar-refractivity contribution in [2.24, 2.45) is 0 Å². The van der Waals surface area contributed by atoms with E-state index < -0.39 is 11.7 Å². The van der Waals surface area contributed by atoms with Gasteiger partial charge in [0.1, 0.15) is 12.2 Å². The lowest BCUT2D eigenvalue weighted by atomic mass is 10.1. The van der Waals surface area contributed by atoms with Crippen molar-refractivity contribution in [2.75, 3.05) is 31.1 Å².